The maximum atomic E-state index is 12.9. The van der Waals surface area contributed by atoms with Gasteiger partial charge in [-0.3, -0.25) is 4.79 Å². The van der Waals surface area contributed by atoms with Crippen molar-refractivity contribution >= 4 is 22.6 Å². The molecule has 0 spiro atoms. The number of rotatable bonds is 5. The standard InChI is InChI=1S/C21H15F3N4O2/c22-21(23,24)15-10-11-18-19(12-15)28(27-26-18)30-13-20(29)25-17-9-5-4-8-16(17)14-6-2-1-3-7-14/h1-12H,13H2,(H,25,29). The highest BCUT2D eigenvalue weighted by atomic mass is 19.4. The molecule has 6 nitrogen and oxygen atoms in total. The maximum absolute atomic E-state index is 12.9. The molecule has 3 aromatic carbocycles. The Labute approximate surface area is 168 Å². The van der Waals surface area contributed by atoms with Crippen LogP contribution in [-0.2, 0) is 11.0 Å². The van der Waals surface area contributed by atoms with Gasteiger partial charge in [0.1, 0.15) is 11.0 Å². The second-order valence-electron chi connectivity index (χ2n) is 6.40. The van der Waals surface area contributed by atoms with E-state index >= 15 is 0 Å². The van der Waals surface area contributed by atoms with E-state index in [-0.39, 0.29) is 11.0 Å². The highest BCUT2D eigenvalue weighted by Crippen LogP contribution is 2.31. The Bertz CT molecular complexity index is 1190. The van der Waals surface area contributed by atoms with E-state index in [4.69, 9.17) is 4.84 Å². The topological polar surface area (TPSA) is 69.0 Å². The minimum absolute atomic E-state index is 0.0160. The van der Waals surface area contributed by atoms with Crippen molar-refractivity contribution in [1.29, 1.82) is 0 Å². The van der Waals surface area contributed by atoms with Crippen LogP contribution in [0.4, 0.5) is 18.9 Å². The largest absolute Gasteiger partial charge is 0.416 e. The van der Waals surface area contributed by atoms with Gasteiger partial charge in [0.05, 0.1) is 5.56 Å². The van der Waals surface area contributed by atoms with Crippen molar-refractivity contribution < 1.29 is 22.8 Å². The summed E-state index contributed by atoms with van der Waals surface area (Å²) in [6.07, 6.45) is -4.51. The lowest BCUT2D eigenvalue weighted by atomic mass is 10.0. The van der Waals surface area contributed by atoms with Gasteiger partial charge in [-0.2, -0.15) is 13.2 Å². The molecule has 9 heteroatoms. The van der Waals surface area contributed by atoms with Crippen LogP contribution in [0.25, 0.3) is 22.2 Å². The third-order valence-electron chi connectivity index (χ3n) is 4.35. The Balaban J connectivity index is 1.49. The molecule has 0 aliphatic rings. The van der Waals surface area contributed by atoms with E-state index in [1.807, 2.05) is 42.5 Å². The molecule has 0 fully saturated rings. The van der Waals surface area contributed by atoms with Gasteiger partial charge in [0.25, 0.3) is 5.91 Å². The number of amides is 1. The van der Waals surface area contributed by atoms with Crippen molar-refractivity contribution in [1.82, 2.24) is 15.2 Å². The number of halogens is 3. The molecule has 0 aliphatic carbocycles. The summed E-state index contributed by atoms with van der Waals surface area (Å²) in [4.78, 5) is 18.5. The fraction of sp³-hybridized carbons (Fsp3) is 0.0952. The quantitative estimate of drug-likeness (QED) is 0.534. The molecule has 0 saturated heterocycles. The minimum atomic E-state index is -4.51. The molecule has 0 atom stereocenters. The molecule has 152 valence electrons. The summed E-state index contributed by atoms with van der Waals surface area (Å²) < 4.78 is 38.8. The summed E-state index contributed by atoms with van der Waals surface area (Å²) in [6, 6.07) is 19.8. The van der Waals surface area contributed by atoms with Crippen LogP contribution in [0, 0.1) is 0 Å². The van der Waals surface area contributed by atoms with Gasteiger partial charge in [-0.25, -0.2) is 0 Å². The van der Waals surface area contributed by atoms with Gasteiger partial charge >= 0.3 is 6.18 Å². The number of hydrogen-bond donors (Lipinski definition) is 1. The van der Waals surface area contributed by atoms with Gasteiger partial charge in [0.2, 0.25) is 0 Å². The average Bonchev–Trinajstić information content (AvgIpc) is 3.15. The number of carbonyl (C=O) groups is 1. The molecule has 0 radical (unpaired) electrons. The van der Waals surface area contributed by atoms with Crippen molar-refractivity contribution in [3.05, 3.63) is 78.4 Å². The fourth-order valence-electron chi connectivity index (χ4n) is 2.94. The third kappa shape index (κ3) is 4.09. The number of fused-ring (bicyclic) bond motifs is 1. The van der Waals surface area contributed by atoms with Gasteiger partial charge in [-0.05, 0) is 35.0 Å². The Morgan fingerprint density at radius 2 is 1.73 bits per heavy atom. The summed E-state index contributed by atoms with van der Waals surface area (Å²) in [6.45, 7) is -0.460. The van der Waals surface area contributed by atoms with Crippen molar-refractivity contribution in [3.8, 4) is 11.1 Å². The van der Waals surface area contributed by atoms with E-state index < -0.39 is 24.3 Å². The minimum Gasteiger partial charge on any atom is -0.385 e. The summed E-state index contributed by atoms with van der Waals surface area (Å²) in [5, 5.41) is 10.2. The summed E-state index contributed by atoms with van der Waals surface area (Å²) in [7, 11) is 0. The molecule has 0 unspecified atom stereocenters. The molecule has 30 heavy (non-hydrogen) atoms. The molecule has 1 N–H and O–H groups in total. The number of para-hydroxylation sites is 1. The smallest absolute Gasteiger partial charge is 0.385 e. The molecule has 1 heterocycles. The Hall–Kier alpha value is -3.88. The van der Waals surface area contributed by atoms with Crippen LogP contribution in [-0.4, -0.2) is 27.7 Å². The van der Waals surface area contributed by atoms with Crippen LogP contribution in [0.15, 0.2) is 72.8 Å². The highest BCUT2D eigenvalue weighted by molar-refractivity contribution is 5.96. The first-order chi connectivity index (χ1) is 14.4. The Morgan fingerprint density at radius 3 is 2.50 bits per heavy atom. The van der Waals surface area contributed by atoms with Crippen LogP contribution >= 0.6 is 0 Å². The normalized spacial score (nSPS) is 11.4. The first-order valence-corrected chi connectivity index (χ1v) is 8.92. The molecule has 4 aromatic rings. The summed E-state index contributed by atoms with van der Waals surface area (Å²) >= 11 is 0. The first-order valence-electron chi connectivity index (χ1n) is 8.92. The number of alkyl halides is 3. The molecule has 0 aliphatic heterocycles. The van der Waals surface area contributed by atoms with Crippen LogP contribution < -0.4 is 10.2 Å². The zero-order valence-corrected chi connectivity index (χ0v) is 15.4. The molecule has 0 bridgehead atoms. The van der Waals surface area contributed by atoms with Gasteiger partial charge < -0.3 is 10.2 Å². The van der Waals surface area contributed by atoms with Gasteiger partial charge in [-0.1, -0.05) is 53.4 Å². The summed E-state index contributed by atoms with van der Waals surface area (Å²) in [5.74, 6) is -0.492. The molecule has 0 saturated carbocycles. The Morgan fingerprint density at radius 1 is 1.00 bits per heavy atom. The van der Waals surface area contributed by atoms with E-state index in [1.54, 1.807) is 12.1 Å². The number of aromatic nitrogens is 3. The van der Waals surface area contributed by atoms with E-state index in [1.165, 1.54) is 6.07 Å². The van der Waals surface area contributed by atoms with Gasteiger partial charge in [-0.15, -0.1) is 5.10 Å². The SMILES string of the molecule is O=C(COn1nnc2ccc(C(F)(F)F)cc21)Nc1ccccc1-c1ccccc1. The maximum Gasteiger partial charge on any atom is 0.416 e. The van der Waals surface area contributed by atoms with Crippen LogP contribution in [0.2, 0.25) is 0 Å². The van der Waals surface area contributed by atoms with Crippen molar-refractivity contribution in [2.24, 2.45) is 0 Å². The van der Waals surface area contributed by atoms with Crippen molar-refractivity contribution in [3.63, 3.8) is 0 Å². The zero-order valence-electron chi connectivity index (χ0n) is 15.4. The number of benzene rings is 3. The van der Waals surface area contributed by atoms with Crippen molar-refractivity contribution in [2.45, 2.75) is 6.18 Å². The zero-order chi connectivity index (χ0) is 21.1. The van der Waals surface area contributed by atoms with Crippen LogP contribution in [0.5, 0.6) is 0 Å². The lowest BCUT2D eigenvalue weighted by Gasteiger charge is -2.12. The number of hydrogen-bond acceptors (Lipinski definition) is 4. The fourth-order valence-corrected chi connectivity index (χ4v) is 2.94. The molecular formula is C21H15F3N4O2. The predicted molar refractivity (Wildman–Crippen MR) is 104 cm³/mol. The van der Waals surface area contributed by atoms with E-state index in [0.29, 0.717) is 5.69 Å². The number of anilines is 1. The van der Waals surface area contributed by atoms with Gasteiger partial charge in [0, 0.05) is 11.3 Å². The van der Waals surface area contributed by atoms with Crippen molar-refractivity contribution in [2.75, 3.05) is 11.9 Å². The number of nitrogens with one attached hydrogen (secondary N) is 1. The van der Waals surface area contributed by atoms with E-state index in [9.17, 15) is 18.0 Å². The first kappa shape index (κ1) is 19.4. The molecule has 1 amide bonds. The monoisotopic (exact) mass is 412 g/mol. The van der Waals surface area contributed by atoms with E-state index in [0.717, 1.165) is 28.1 Å². The summed E-state index contributed by atoms with van der Waals surface area (Å²) in [5.41, 5.74) is 1.72. The predicted octanol–water partition coefficient (Wildman–Crippen LogP) is 4.18. The second-order valence-corrected chi connectivity index (χ2v) is 6.40. The second kappa shape index (κ2) is 7.86. The van der Waals surface area contributed by atoms with Crippen LogP contribution in [0.1, 0.15) is 5.56 Å². The third-order valence-corrected chi connectivity index (χ3v) is 4.35. The lowest BCUT2D eigenvalue weighted by molar-refractivity contribution is -0.137. The van der Waals surface area contributed by atoms with Crippen LogP contribution in [0.3, 0.4) is 0 Å². The van der Waals surface area contributed by atoms with Gasteiger partial charge in [0.15, 0.2) is 6.61 Å². The number of nitrogens with zero attached hydrogens (tertiary/aromatic N) is 3. The Kier molecular flexibility index (Phi) is 5.09. The average molecular weight is 412 g/mol. The van der Waals surface area contributed by atoms with E-state index in [2.05, 4.69) is 15.6 Å². The molecular weight excluding hydrogens is 397 g/mol. The lowest BCUT2D eigenvalue weighted by Crippen LogP contribution is -2.26. The molecule has 1 aromatic heterocycles. The number of carbonyl (C=O) groups excluding carboxylic acids is 1. The highest BCUT2D eigenvalue weighted by Gasteiger charge is 2.31. The molecule has 4 rings (SSSR count).